The predicted octanol–water partition coefficient (Wildman–Crippen LogP) is 2.72. The van der Waals surface area contributed by atoms with Gasteiger partial charge in [-0.05, 0) is 32.0 Å². The molecule has 0 radical (unpaired) electrons. The molecule has 124 valence electrons. The summed E-state index contributed by atoms with van der Waals surface area (Å²) in [5.41, 5.74) is 4.89. The zero-order valence-electron chi connectivity index (χ0n) is 13.9. The quantitative estimate of drug-likeness (QED) is 0.746. The Labute approximate surface area is 144 Å². The second kappa shape index (κ2) is 6.92. The van der Waals surface area contributed by atoms with Crippen molar-refractivity contribution < 1.29 is 4.79 Å². The Bertz CT molecular complexity index is 890. The van der Waals surface area contributed by atoms with Crippen LogP contribution < -0.4 is 10.6 Å². The molecule has 0 bridgehead atoms. The Morgan fingerprint density at radius 1 is 1.12 bits per heavy atom. The molecule has 3 aromatic rings. The average molecular weight is 341 g/mol. The fourth-order valence-corrected chi connectivity index (χ4v) is 3.02. The maximum Gasteiger partial charge on any atom is 0.251 e. The molecule has 2 aromatic heterocycles. The van der Waals surface area contributed by atoms with Gasteiger partial charge in [-0.2, -0.15) is 0 Å². The van der Waals surface area contributed by atoms with Crippen molar-refractivity contribution in [1.29, 1.82) is 0 Å². The van der Waals surface area contributed by atoms with E-state index in [1.807, 2.05) is 32.3 Å². The predicted molar refractivity (Wildman–Crippen MR) is 96.7 cm³/mol. The monoisotopic (exact) mass is 341 g/mol. The van der Waals surface area contributed by atoms with Crippen LogP contribution in [-0.2, 0) is 6.42 Å². The van der Waals surface area contributed by atoms with Crippen LogP contribution in [0.2, 0.25) is 0 Å². The zero-order chi connectivity index (χ0) is 17.1. The van der Waals surface area contributed by atoms with Gasteiger partial charge in [0.15, 0.2) is 5.13 Å². The van der Waals surface area contributed by atoms with Crippen LogP contribution in [-0.4, -0.2) is 34.5 Å². The number of rotatable bonds is 5. The van der Waals surface area contributed by atoms with E-state index in [0.717, 1.165) is 33.2 Å². The van der Waals surface area contributed by atoms with Crippen molar-refractivity contribution in [1.82, 2.24) is 20.3 Å². The molecule has 0 aliphatic heterocycles. The van der Waals surface area contributed by atoms with Gasteiger partial charge in [-0.15, -0.1) is 11.3 Å². The van der Waals surface area contributed by atoms with E-state index in [0.29, 0.717) is 18.5 Å². The number of carbonyl (C=O) groups is 1. The Morgan fingerprint density at radius 3 is 2.58 bits per heavy atom. The average Bonchev–Trinajstić information content (AvgIpc) is 3.03. The molecule has 0 fully saturated rings. The summed E-state index contributed by atoms with van der Waals surface area (Å²) in [7, 11) is 1.84. The van der Waals surface area contributed by atoms with Crippen molar-refractivity contribution in [3.05, 3.63) is 46.2 Å². The van der Waals surface area contributed by atoms with Crippen molar-refractivity contribution >= 4 is 33.4 Å². The second-order valence-corrected chi connectivity index (χ2v) is 6.36. The van der Waals surface area contributed by atoms with Crippen molar-refractivity contribution in [3.63, 3.8) is 0 Å². The van der Waals surface area contributed by atoms with Crippen LogP contribution in [0.5, 0.6) is 0 Å². The minimum absolute atomic E-state index is 0.110. The van der Waals surface area contributed by atoms with Crippen LogP contribution >= 0.6 is 11.3 Å². The highest BCUT2D eigenvalue weighted by Crippen LogP contribution is 2.15. The summed E-state index contributed by atoms with van der Waals surface area (Å²) in [6, 6.07) is 5.40. The fourth-order valence-electron chi connectivity index (χ4n) is 2.31. The van der Waals surface area contributed by atoms with E-state index in [-0.39, 0.29) is 5.91 Å². The van der Waals surface area contributed by atoms with E-state index in [2.05, 4.69) is 25.6 Å². The van der Waals surface area contributed by atoms with Gasteiger partial charge in [0.2, 0.25) is 0 Å². The molecular weight excluding hydrogens is 322 g/mol. The number of thiazole rings is 1. The number of carbonyl (C=O) groups excluding carboxylic acids is 1. The minimum atomic E-state index is -0.110. The summed E-state index contributed by atoms with van der Waals surface area (Å²) in [5.74, 6) is -0.110. The molecule has 0 unspecified atom stereocenters. The second-order valence-electron chi connectivity index (χ2n) is 5.50. The maximum absolute atomic E-state index is 12.3. The maximum atomic E-state index is 12.3. The van der Waals surface area contributed by atoms with E-state index < -0.39 is 0 Å². The molecule has 2 N–H and O–H groups in total. The Morgan fingerprint density at radius 2 is 1.88 bits per heavy atom. The number of anilines is 1. The molecule has 0 aliphatic rings. The van der Waals surface area contributed by atoms with Crippen molar-refractivity contribution in [3.8, 4) is 0 Å². The number of amides is 1. The summed E-state index contributed by atoms with van der Waals surface area (Å²) in [5, 5.41) is 8.81. The van der Waals surface area contributed by atoms with Gasteiger partial charge in [0.1, 0.15) is 0 Å². The molecule has 0 spiro atoms. The number of hydrogen-bond acceptors (Lipinski definition) is 6. The molecule has 24 heavy (non-hydrogen) atoms. The molecule has 6 nitrogen and oxygen atoms in total. The van der Waals surface area contributed by atoms with Crippen LogP contribution in [0.1, 0.15) is 27.4 Å². The van der Waals surface area contributed by atoms with E-state index >= 15 is 0 Å². The first kappa shape index (κ1) is 16.3. The first-order chi connectivity index (χ1) is 11.6. The third-order valence-electron chi connectivity index (χ3n) is 3.77. The smallest absolute Gasteiger partial charge is 0.251 e. The number of nitrogens with one attached hydrogen (secondary N) is 2. The van der Waals surface area contributed by atoms with Gasteiger partial charge in [-0.1, -0.05) is 0 Å². The molecule has 0 aliphatic carbocycles. The molecule has 7 heteroatoms. The molecular formula is C17H19N5OS. The lowest BCUT2D eigenvalue weighted by atomic mass is 10.1. The topological polar surface area (TPSA) is 79.8 Å². The number of aromatic nitrogens is 3. The third-order valence-corrected chi connectivity index (χ3v) is 4.68. The van der Waals surface area contributed by atoms with E-state index in [1.54, 1.807) is 23.5 Å². The Hall–Kier alpha value is -2.54. The molecule has 1 aromatic carbocycles. The highest BCUT2D eigenvalue weighted by molar-refractivity contribution is 7.13. The van der Waals surface area contributed by atoms with Gasteiger partial charge >= 0.3 is 0 Å². The standard InChI is InChI=1S/C17H19N5OS/c1-10-11(2)21-15-8-12(4-5-14(15)20-10)16(23)19-7-6-13-9-24-17(18-3)22-13/h4-5,8-9H,6-7H2,1-3H3,(H,18,22)(H,19,23). The van der Waals surface area contributed by atoms with Gasteiger partial charge in [0.25, 0.3) is 5.91 Å². The lowest BCUT2D eigenvalue weighted by Crippen LogP contribution is -2.25. The zero-order valence-corrected chi connectivity index (χ0v) is 14.7. The summed E-state index contributed by atoms with van der Waals surface area (Å²) in [6.07, 6.45) is 0.704. The van der Waals surface area contributed by atoms with Crippen LogP contribution in [0.3, 0.4) is 0 Å². The van der Waals surface area contributed by atoms with Gasteiger partial charge in [-0.25, -0.2) is 15.0 Å². The van der Waals surface area contributed by atoms with E-state index in [4.69, 9.17) is 0 Å². The van der Waals surface area contributed by atoms with Crippen LogP contribution in [0.15, 0.2) is 23.6 Å². The van der Waals surface area contributed by atoms with Gasteiger partial charge in [-0.3, -0.25) is 4.79 Å². The van der Waals surface area contributed by atoms with Crippen LogP contribution in [0.4, 0.5) is 5.13 Å². The highest BCUT2D eigenvalue weighted by atomic mass is 32.1. The van der Waals surface area contributed by atoms with E-state index in [9.17, 15) is 4.79 Å². The summed E-state index contributed by atoms with van der Waals surface area (Å²) in [6.45, 7) is 4.39. The Kier molecular flexibility index (Phi) is 4.71. The first-order valence-electron chi connectivity index (χ1n) is 7.72. The molecule has 0 atom stereocenters. The van der Waals surface area contributed by atoms with Crippen LogP contribution in [0, 0.1) is 13.8 Å². The van der Waals surface area contributed by atoms with Gasteiger partial charge < -0.3 is 10.6 Å². The van der Waals surface area contributed by atoms with Gasteiger partial charge in [0, 0.05) is 31.0 Å². The lowest BCUT2D eigenvalue weighted by molar-refractivity contribution is 0.0954. The number of benzene rings is 1. The molecule has 0 saturated heterocycles. The normalized spacial score (nSPS) is 10.8. The number of aryl methyl sites for hydroxylation is 2. The van der Waals surface area contributed by atoms with Gasteiger partial charge in [0.05, 0.1) is 28.1 Å². The third kappa shape index (κ3) is 3.51. The van der Waals surface area contributed by atoms with Crippen LogP contribution in [0.25, 0.3) is 11.0 Å². The SMILES string of the molecule is CNc1nc(CCNC(=O)c2ccc3nc(C)c(C)nc3c2)cs1. The first-order valence-corrected chi connectivity index (χ1v) is 8.60. The van der Waals surface area contributed by atoms with Crippen molar-refractivity contribution in [2.45, 2.75) is 20.3 Å². The highest BCUT2D eigenvalue weighted by Gasteiger charge is 2.09. The molecule has 2 heterocycles. The summed E-state index contributed by atoms with van der Waals surface area (Å²) >= 11 is 1.56. The largest absolute Gasteiger partial charge is 0.365 e. The van der Waals surface area contributed by atoms with Crippen molar-refractivity contribution in [2.24, 2.45) is 0 Å². The minimum Gasteiger partial charge on any atom is -0.365 e. The number of fused-ring (bicyclic) bond motifs is 1. The number of nitrogens with zero attached hydrogens (tertiary/aromatic N) is 3. The summed E-state index contributed by atoms with van der Waals surface area (Å²) in [4.78, 5) is 25.7. The number of hydrogen-bond donors (Lipinski definition) is 2. The molecule has 0 saturated carbocycles. The molecule has 3 rings (SSSR count). The Balaban J connectivity index is 1.66. The van der Waals surface area contributed by atoms with E-state index in [1.165, 1.54) is 0 Å². The van der Waals surface area contributed by atoms with Crippen molar-refractivity contribution in [2.75, 3.05) is 18.9 Å². The summed E-state index contributed by atoms with van der Waals surface area (Å²) < 4.78 is 0. The molecule has 1 amide bonds. The fraction of sp³-hybridized carbons (Fsp3) is 0.294. The lowest BCUT2D eigenvalue weighted by Gasteiger charge is -2.06.